The van der Waals surface area contributed by atoms with Crippen LogP contribution in [0.3, 0.4) is 0 Å². The Kier molecular flexibility index (Phi) is 4.04. The zero-order valence-corrected chi connectivity index (χ0v) is 10.0. The van der Waals surface area contributed by atoms with E-state index in [2.05, 4.69) is 12.2 Å². The van der Waals surface area contributed by atoms with Crippen LogP contribution < -0.4 is 11.1 Å². The molecule has 0 unspecified atom stereocenters. The molecular formula is C13H26N2. The van der Waals surface area contributed by atoms with Crippen molar-refractivity contribution in [1.29, 1.82) is 0 Å². The van der Waals surface area contributed by atoms with E-state index in [1.165, 1.54) is 51.4 Å². The Morgan fingerprint density at radius 2 is 1.73 bits per heavy atom. The van der Waals surface area contributed by atoms with E-state index in [-0.39, 0.29) is 0 Å². The standard InChI is InChI=1S/C13H26N2/c1-2-3-10-4-6-12(7-5-10)15-13-8-11(14)9-13/h10-13,15H,2-9,14H2,1H3. The van der Waals surface area contributed by atoms with Crippen LogP contribution in [-0.4, -0.2) is 18.1 Å². The molecule has 0 amide bonds. The molecule has 2 fully saturated rings. The molecular weight excluding hydrogens is 184 g/mol. The monoisotopic (exact) mass is 210 g/mol. The van der Waals surface area contributed by atoms with Crippen molar-refractivity contribution in [2.45, 2.75) is 76.4 Å². The van der Waals surface area contributed by atoms with Crippen molar-refractivity contribution in [2.24, 2.45) is 11.7 Å². The zero-order chi connectivity index (χ0) is 10.7. The Hall–Kier alpha value is -0.0800. The minimum atomic E-state index is 0.485. The van der Waals surface area contributed by atoms with Gasteiger partial charge in [0.15, 0.2) is 0 Å². The van der Waals surface area contributed by atoms with Crippen LogP contribution in [0.4, 0.5) is 0 Å². The summed E-state index contributed by atoms with van der Waals surface area (Å²) in [6.45, 7) is 2.31. The summed E-state index contributed by atoms with van der Waals surface area (Å²) < 4.78 is 0. The Morgan fingerprint density at radius 3 is 2.27 bits per heavy atom. The van der Waals surface area contributed by atoms with Crippen LogP contribution >= 0.6 is 0 Å². The van der Waals surface area contributed by atoms with Gasteiger partial charge in [-0.25, -0.2) is 0 Å². The Morgan fingerprint density at radius 1 is 1.07 bits per heavy atom. The van der Waals surface area contributed by atoms with Gasteiger partial charge in [-0.05, 0) is 44.4 Å². The van der Waals surface area contributed by atoms with Crippen LogP contribution in [0.15, 0.2) is 0 Å². The van der Waals surface area contributed by atoms with Gasteiger partial charge in [0, 0.05) is 18.1 Å². The minimum Gasteiger partial charge on any atom is -0.328 e. The van der Waals surface area contributed by atoms with Crippen LogP contribution in [0.2, 0.25) is 0 Å². The first-order valence-corrected chi connectivity index (χ1v) is 6.79. The van der Waals surface area contributed by atoms with E-state index in [0.29, 0.717) is 6.04 Å². The van der Waals surface area contributed by atoms with Gasteiger partial charge in [-0.1, -0.05) is 19.8 Å². The topological polar surface area (TPSA) is 38.0 Å². The maximum absolute atomic E-state index is 5.80. The first kappa shape index (κ1) is 11.4. The lowest BCUT2D eigenvalue weighted by Crippen LogP contribution is -2.52. The van der Waals surface area contributed by atoms with E-state index in [9.17, 15) is 0 Å². The van der Waals surface area contributed by atoms with E-state index in [0.717, 1.165) is 18.0 Å². The fourth-order valence-corrected chi connectivity index (χ4v) is 3.16. The van der Waals surface area contributed by atoms with E-state index in [4.69, 9.17) is 5.73 Å². The molecule has 2 aliphatic rings. The van der Waals surface area contributed by atoms with Crippen molar-refractivity contribution in [1.82, 2.24) is 5.32 Å². The molecule has 0 atom stereocenters. The third-order valence-electron chi connectivity index (χ3n) is 4.19. The van der Waals surface area contributed by atoms with Crippen molar-refractivity contribution < 1.29 is 0 Å². The normalized spacial score (nSPS) is 41.2. The molecule has 2 saturated carbocycles. The van der Waals surface area contributed by atoms with Gasteiger partial charge in [-0.2, -0.15) is 0 Å². The first-order chi connectivity index (χ1) is 7.28. The second-order valence-corrected chi connectivity index (χ2v) is 5.60. The summed E-state index contributed by atoms with van der Waals surface area (Å²) in [5.41, 5.74) is 5.80. The summed E-state index contributed by atoms with van der Waals surface area (Å²) >= 11 is 0. The van der Waals surface area contributed by atoms with Crippen LogP contribution in [-0.2, 0) is 0 Å². The van der Waals surface area contributed by atoms with Gasteiger partial charge in [0.1, 0.15) is 0 Å². The van der Waals surface area contributed by atoms with Gasteiger partial charge in [0.2, 0.25) is 0 Å². The molecule has 3 N–H and O–H groups in total. The van der Waals surface area contributed by atoms with Crippen molar-refractivity contribution in [3.8, 4) is 0 Å². The van der Waals surface area contributed by atoms with Gasteiger partial charge in [0.05, 0.1) is 0 Å². The number of hydrogen-bond acceptors (Lipinski definition) is 2. The Bertz CT molecular complexity index is 179. The Labute approximate surface area is 94.0 Å². The fraction of sp³-hybridized carbons (Fsp3) is 1.00. The second kappa shape index (κ2) is 5.31. The molecule has 2 rings (SSSR count). The highest BCUT2D eigenvalue weighted by Crippen LogP contribution is 2.29. The summed E-state index contributed by atoms with van der Waals surface area (Å²) in [4.78, 5) is 0. The van der Waals surface area contributed by atoms with Crippen molar-refractivity contribution >= 4 is 0 Å². The highest BCUT2D eigenvalue weighted by atomic mass is 15.0. The van der Waals surface area contributed by atoms with Crippen molar-refractivity contribution in [2.75, 3.05) is 0 Å². The third-order valence-corrected chi connectivity index (χ3v) is 4.19. The zero-order valence-electron chi connectivity index (χ0n) is 10.0. The molecule has 0 heterocycles. The predicted molar refractivity (Wildman–Crippen MR) is 64.8 cm³/mol. The molecule has 2 heteroatoms. The predicted octanol–water partition coefficient (Wildman–Crippen LogP) is 2.42. The quantitative estimate of drug-likeness (QED) is 0.748. The summed E-state index contributed by atoms with van der Waals surface area (Å²) in [5.74, 6) is 1.02. The van der Waals surface area contributed by atoms with Gasteiger partial charge in [0.25, 0.3) is 0 Å². The largest absolute Gasteiger partial charge is 0.328 e. The SMILES string of the molecule is CCCC1CCC(NC2CC(N)C2)CC1. The van der Waals surface area contributed by atoms with E-state index in [1.54, 1.807) is 0 Å². The lowest BCUT2D eigenvalue weighted by atomic mass is 9.81. The van der Waals surface area contributed by atoms with Gasteiger partial charge < -0.3 is 11.1 Å². The summed E-state index contributed by atoms with van der Waals surface area (Å²) in [6.07, 6.45) is 10.9. The molecule has 0 aromatic rings. The summed E-state index contributed by atoms with van der Waals surface area (Å²) in [7, 11) is 0. The number of nitrogens with two attached hydrogens (primary N) is 1. The molecule has 0 radical (unpaired) electrons. The lowest BCUT2D eigenvalue weighted by molar-refractivity contribution is 0.213. The highest BCUT2D eigenvalue weighted by molar-refractivity contribution is 4.90. The van der Waals surface area contributed by atoms with E-state index in [1.807, 2.05) is 0 Å². The third kappa shape index (κ3) is 3.18. The average molecular weight is 210 g/mol. The van der Waals surface area contributed by atoms with Crippen LogP contribution in [0.1, 0.15) is 58.3 Å². The lowest BCUT2D eigenvalue weighted by Gasteiger charge is -2.38. The van der Waals surface area contributed by atoms with Gasteiger partial charge >= 0.3 is 0 Å². The van der Waals surface area contributed by atoms with Crippen LogP contribution in [0.25, 0.3) is 0 Å². The molecule has 0 spiro atoms. The summed E-state index contributed by atoms with van der Waals surface area (Å²) in [6, 6.07) is 2.03. The first-order valence-electron chi connectivity index (χ1n) is 6.79. The minimum absolute atomic E-state index is 0.485. The van der Waals surface area contributed by atoms with Crippen LogP contribution in [0, 0.1) is 5.92 Å². The molecule has 0 aromatic carbocycles. The van der Waals surface area contributed by atoms with Gasteiger partial charge in [-0.3, -0.25) is 0 Å². The van der Waals surface area contributed by atoms with E-state index >= 15 is 0 Å². The molecule has 2 aliphatic carbocycles. The average Bonchev–Trinajstić information content (AvgIpc) is 2.19. The number of rotatable bonds is 4. The summed E-state index contributed by atoms with van der Waals surface area (Å²) in [5, 5.41) is 3.77. The maximum Gasteiger partial charge on any atom is 0.00991 e. The Balaban J connectivity index is 1.61. The van der Waals surface area contributed by atoms with Crippen molar-refractivity contribution in [3.05, 3.63) is 0 Å². The molecule has 0 saturated heterocycles. The fourth-order valence-electron chi connectivity index (χ4n) is 3.16. The second-order valence-electron chi connectivity index (χ2n) is 5.60. The molecule has 0 aliphatic heterocycles. The molecule has 15 heavy (non-hydrogen) atoms. The smallest absolute Gasteiger partial charge is 0.00991 e. The van der Waals surface area contributed by atoms with Crippen LogP contribution in [0.5, 0.6) is 0 Å². The molecule has 88 valence electrons. The van der Waals surface area contributed by atoms with Crippen molar-refractivity contribution in [3.63, 3.8) is 0 Å². The van der Waals surface area contributed by atoms with E-state index < -0.39 is 0 Å². The highest BCUT2D eigenvalue weighted by Gasteiger charge is 2.29. The maximum atomic E-state index is 5.80. The molecule has 0 aromatic heterocycles. The molecule has 2 nitrogen and oxygen atoms in total. The molecule has 0 bridgehead atoms. The number of nitrogens with one attached hydrogen (secondary N) is 1. The van der Waals surface area contributed by atoms with Gasteiger partial charge in [-0.15, -0.1) is 0 Å². The number of hydrogen-bond donors (Lipinski definition) is 2.